The molecule has 4 heteroatoms. The van der Waals surface area contributed by atoms with Gasteiger partial charge in [0.1, 0.15) is 6.07 Å². The van der Waals surface area contributed by atoms with Gasteiger partial charge in [0.05, 0.1) is 11.3 Å². The Hall–Kier alpha value is -1.31. The Morgan fingerprint density at radius 1 is 1.16 bits per heavy atom. The Balaban J connectivity index is 2.26. The standard InChI is InChI=1S/C15H12Br2N2/c1-10(13-7-6-12(16)8-14(13)17)19-15-5-3-2-4-11(15)9-18/h2-8,10,19H,1H3. The molecule has 2 nitrogen and oxygen atoms in total. The molecule has 0 saturated heterocycles. The fourth-order valence-electron chi connectivity index (χ4n) is 1.87. The highest BCUT2D eigenvalue weighted by molar-refractivity contribution is 9.11. The maximum Gasteiger partial charge on any atom is 0.101 e. The van der Waals surface area contributed by atoms with Crippen molar-refractivity contribution < 1.29 is 0 Å². The van der Waals surface area contributed by atoms with Gasteiger partial charge in [-0.1, -0.05) is 50.1 Å². The van der Waals surface area contributed by atoms with E-state index in [1.807, 2.05) is 36.4 Å². The summed E-state index contributed by atoms with van der Waals surface area (Å²) >= 11 is 7.00. The van der Waals surface area contributed by atoms with Crippen LogP contribution < -0.4 is 5.32 Å². The number of nitrogens with one attached hydrogen (secondary N) is 1. The van der Waals surface area contributed by atoms with Crippen molar-refractivity contribution in [3.05, 3.63) is 62.5 Å². The monoisotopic (exact) mass is 378 g/mol. The molecule has 0 heterocycles. The topological polar surface area (TPSA) is 35.8 Å². The first-order valence-electron chi connectivity index (χ1n) is 5.82. The molecule has 0 amide bonds. The normalized spacial score (nSPS) is 11.7. The van der Waals surface area contributed by atoms with Crippen LogP contribution in [0.3, 0.4) is 0 Å². The predicted molar refractivity (Wildman–Crippen MR) is 85.0 cm³/mol. The Morgan fingerprint density at radius 2 is 1.89 bits per heavy atom. The quantitative estimate of drug-likeness (QED) is 0.789. The number of anilines is 1. The Bertz CT molecular complexity index is 632. The Kier molecular flexibility index (Phi) is 4.62. The van der Waals surface area contributed by atoms with E-state index >= 15 is 0 Å². The molecule has 1 N–H and O–H groups in total. The van der Waals surface area contributed by atoms with Crippen molar-refractivity contribution in [2.45, 2.75) is 13.0 Å². The lowest BCUT2D eigenvalue weighted by molar-refractivity contribution is 0.877. The molecule has 0 fully saturated rings. The number of hydrogen-bond acceptors (Lipinski definition) is 2. The molecule has 0 aliphatic carbocycles. The molecule has 19 heavy (non-hydrogen) atoms. The van der Waals surface area contributed by atoms with Crippen molar-refractivity contribution in [3.8, 4) is 6.07 Å². The van der Waals surface area contributed by atoms with Crippen molar-refractivity contribution in [2.24, 2.45) is 0 Å². The summed E-state index contributed by atoms with van der Waals surface area (Å²) in [5.74, 6) is 0. The largest absolute Gasteiger partial charge is 0.377 e. The van der Waals surface area contributed by atoms with Crippen molar-refractivity contribution in [3.63, 3.8) is 0 Å². The smallest absolute Gasteiger partial charge is 0.101 e. The molecule has 0 saturated carbocycles. The molecule has 0 aliphatic rings. The summed E-state index contributed by atoms with van der Waals surface area (Å²) in [6.45, 7) is 2.07. The third kappa shape index (κ3) is 3.37. The van der Waals surface area contributed by atoms with Crippen LogP contribution in [0.1, 0.15) is 24.1 Å². The lowest BCUT2D eigenvalue weighted by Gasteiger charge is -2.18. The summed E-state index contributed by atoms with van der Waals surface area (Å²) in [7, 11) is 0. The molecule has 2 aromatic carbocycles. The zero-order valence-corrected chi connectivity index (χ0v) is 13.5. The second-order valence-electron chi connectivity index (χ2n) is 4.19. The van der Waals surface area contributed by atoms with Crippen molar-refractivity contribution in [1.29, 1.82) is 5.26 Å². The summed E-state index contributed by atoms with van der Waals surface area (Å²) < 4.78 is 2.07. The van der Waals surface area contributed by atoms with Gasteiger partial charge in [0.25, 0.3) is 0 Å². The number of nitrogens with zero attached hydrogens (tertiary/aromatic N) is 1. The zero-order valence-electron chi connectivity index (χ0n) is 10.3. The average Bonchev–Trinajstić information content (AvgIpc) is 2.39. The van der Waals surface area contributed by atoms with Crippen molar-refractivity contribution in [1.82, 2.24) is 0 Å². The van der Waals surface area contributed by atoms with E-state index in [4.69, 9.17) is 5.26 Å². The lowest BCUT2D eigenvalue weighted by atomic mass is 10.1. The van der Waals surface area contributed by atoms with E-state index in [0.717, 1.165) is 20.2 Å². The summed E-state index contributed by atoms with van der Waals surface area (Å²) in [6, 6.07) is 15.9. The predicted octanol–water partition coefficient (Wildman–Crippen LogP) is 5.26. The van der Waals surface area contributed by atoms with E-state index in [1.165, 1.54) is 0 Å². The Morgan fingerprint density at radius 3 is 2.58 bits per heavy atom. The third-order valence-electron chi connectivity index (χ3n) is 2.85. The molecule has 0 bridgehead atoms. The maximum absolute atomic E-state index is 9.09. The fourth-order valence-corrected chi connectivity index (χ4v) is 3.26. The highest BCUT2D eigenvalue weighted by atomic mass is 79.9. The SMILES string of the molecule is CC(Nc1ccccc1C#N)c1ccc(Br)cc1Br. The van der Waals surface area contributed by atoms with Gasteiger partial charge in [-0.05, 0) is 36.8 Å². The van der Waals surface area contributed by atoms with E-state index in [9.17, 15) is 0 Å². The third-order valence-corrected chi connectivity index (χ3v) is 4.03. The van der Waals surface area contributed by atoms with Crippen LogP contribution in [0.2, 0.25) is 0 Å². The molecule has 0 aliphatic heterocycles. The molecular formula is C15H12Br2N2. The summed E-state index contributed by atoms with van der Waals surface area (Å²) in [5, 5.41) is 12.5. The first kappa shape index (κ1) is 14.1. The average molecular weight is 380 g/mol. The van der Waals surface area contributed by atoms with Gasteiger partial charge in [-0.15, -0.1) is 0 Å². The number of nitriles is 1. The minimum atomic E-state index is 0.108. The van der Waals surface area contributed by atoms with Gasteiger partial charge in [-0.2, -0.15) is 5.26 Å². The van der Waals surface area contributed by atoms with Crippen LogP contribution in [0.4, 0.5) is 5.69 Å². The number of para-hydroxylation sites is 1. The van der Waals surface area contributed by atoms with Gasteiger partial charge in [-0.3, -0.25) is 0 Å². The van der Waals surface area contributed by atoms with E-state index in [2.05, 4.69) is 56.2 Å². The van der Waals surface area contributed by atoms with Crippen LogP contribution in [-0.4, -0.2) is 0 Å². The molecule has 96 valence electrons. The van der Waals surface area contributed by atoms with Gasteiger partial charge in [-0.25, -0.2) is 0 Å². The van der Waals surface area contributed by atoms with Gasteiger partial charge in [0.2, 0.25) is 0 Å². The summed E-state index contributed by atoms with van der Waals surface area (Å²) in [5.41, 5.74) is 2.66. The van der Waals surface area contributed by atoms with Crippen LogP contribution in [0.15, 0.2) is 51.4 Å². The summed E-state index contributed by atoms with van der Waals surface area (Å²) in [4.78, 5) is 0. The highest BCUT2D eigenvalue weighted by Gasteiger charge is 2.11. The molecule has 0 spiro atoms. The van der Waals surface area contributed by atoms with Crippen molar-refractivity contribution in [2.75, 3.05) is 5.32 Å². The fraction of sp³-hybridized carbons (Fsp3) is 0.133. The van der Waals surface area contributed by atoms with E-state index in [0.29, 0.717) is 5.56 Å². The van der Waals surface area contributed by atoms with E-state index in [1.54, 1.807) is 0 Å². The minimum Gasteiger partial charge on any atom is -0.377 e. The molecule has 0 aromatic heterocycles. The van der Waals surface area contributed by atoms with Crippen LogP contribution >= 0.6 is 31.9 Å². The molecule has 2 rings (SSSR count). The molecule has 2 aromatic rings. The van der Waals surface area contributed by atoms with Gasteiger partial charge in [0, 0.05) is 15.0 Å². The number of benzene rings is 2. The lowest BCUT2D eigenvalue weighted by Crippen LogP contribution is -2.08. The molecule has 0 radical (unpaired) electrons. The maximum atomic E-state index is 9.09. The first-order chi connectivity index (χ1) is 9.11. The molecule has 1 unspecified atom stereocenters. The number of hydrogen-bond donors (Lipinski definition) is 1. The van der Waals surface area contributed by atoms with E-state index in [-0.39, 0.29) is 6.04 Å². The number of halogens is 2. The van der Waals surface area contributed by atoms with E-state index < -0.39 is 0 Å². The first-order valence-corrected chi connectivity index (χ1v) is 7.41. The van der Waals surface area contributed by atoms with Crippen molar-refractivity contribution >= 4 is 37.5 Å². The van der Waals surface area contributed by atoms with Crippen LogP contribution in [0.25, 0.3) is 0 Å². The van der Waals surface area contributed by atoms with Crippen LogP contribution in [-0.2, 0) is 0 Å². The van der Waals surface area contributed by atoms with Gasteiger partial charge in [0.15, 0.2) is 0 Å². The second-order valence-corrected chi connectivity index (χ2v) is 5.96. The zero-order chi connectivity index (χ0) is 13.8. The summed E-state index contributed by atoms with van der Waals surface area (Å²) in [6.07, 6.45) is 0. The number of rotatable bonds is 3. The van der Waals surface area contributed by atoms with Crippen LogP contribution in [0.5, 0.6) is 0 Å². The minimum absolute atomic E-state index is 0.108. The van der Waals surface area contributed by atoms with Crippen LogP contribution in [0, 0.1) is 11.3 Å². The van der Waals surface area contributed by atoms with Gasteiger partial charge >= 0.3 is 0 Å². The molecule has 1 atom stereocenters. The highest BCUT2D eigenvalue weighted by Crippen LogP contribution is 2.29. The second kappa shape index (κ2) is 6.23. The van der Waals surface area contributed by atoms with Gasteiger partial charge < -0.3 is 5.32 Å². The Labute approximate surface area is 129 Å². The molecular weight excluding hydrogens is 368 g/mol.